The molecule has 2 heterocycles. The molecule has 2 saturated heterocycles. The molecular weight excluding hydrogens is 324 g/mol. The third kappa shape index (κ3) is 3.97. The van der Waals surface area contributed by atoms with Crippen molar-refractivity contribution in [2.75, 3.05) is 19.8 Å². The molecule has 8 nitrogen and oxygen atoms in total. The first kappa shape index (κ1) is 17.4. The van der Waals surface area contributed by atoms with Gasteiger partial charge in [0.05, 0.1) is 13.2 Å². The Morgan fingerprint density at radius 1 is 1.32 bits per heavy atom. The molecule has 0 aromatic heterocycles. The third-order valence-electron chi connectivity index (χ3n) is 4.50. The maximum absolute atomic E-state index is 12.0. The number of hydrogen-bond donors (Lipinski definition) is 4. The molecule has 0 radical (unpaired) electrons. The van der Waals surface area contributed by atoms with E-state index in [0.717, 1.165) is 12.1 Å². The van der Waals surface area contributed by atoms with E-state index >= 15 is 0 Å². The van der Waals surface area contributed by atoms with Gasteiger partial charge in [-0.05, 0) is 18.1 Å². The Labute approximate surface area is 145 Å². The van der Waals surface area contributed by atoms with Crippen molar-refractivity contribution < 1.29 is 19.1 Å². The van der Waals surface area contributed by atoms with E-state index in [9.17, 15) is 14.4 Å². The van der Waals surface area contributed by atoms with Crippen molar-refractivity contribution in [1.29, 1.82) is 0 Å². The van der Waals surface area contributed by atoms with Crippen LogP contribution < -0.4 is 21.3 Å². The Hall–Kier alpha value is -2.45. The maximum Gasteiger partial charge on any atom is 0.322 e. The molecule has 2 atom stereocenters. The molecule has 2 fully saturated rings. The lowest BCUT2D eigenvalue weighted by atomic mass is 9.91. The van der Waals surface area contributed by atoms with Gasteiger partial charge in [-0.3, -0.25) is 14.9 Å². The molecule has 8 heteroatoms. The van der Waals surface area contributed by atoms with E-state index in [1.807, 2.05) is 12.1 Å². The summed E-state index contributed by atoms with van der Waals surface area (Å²) < 4.78 is 5.33. The van der Waals surface area contributed by atoms with Crippen LogP contribution in [0.4, 0.5) is 4.79 Å². The molecule has 2 aliphatic heterocycles. The minimum absolute atomic E-state index is 0.0403. The van der Waals surface area contributed by atoms with Crippen LogP contribution in [0.1, 0.15) is 24.5 Å². The number of hydrogen-bond acceptors (Lipinski definition) is 5. The first-order valence-electron chi connectivity index (χ1n) is 8.28. The molecule has 4 amide bonds. The summed E-state index contributed by atoms with van der Waals surface area (Å²) in [6.07, 6.45) is 0.377. The minimum atomic E-state index is -1.06. The highest BCUT2D eigenvalue weighted by Crippen LogP contribution is 2.24. The first-order chi connectivity index (χ1) is 12.0. The zero-order chi connectivity index (χ0) is 17.9. The average Bonchev–Trinajstić information content (AvgIpc) is 2.87. The van der Waals surface area contributed by atoms with Crippen LogP contribution in [0.3, 0.4) is 0 Å². The number of carbonyl (C=O) groups is 3. The first-order valence-corrected chi connectivity index (χ1v) is 8.28. The third-order valence-corrected chi connectivity index (χ3v) is 4.50. The number of amides is 4. The van der Waals surface area contributed by atoms with Crippen molar-refractivity contribution in [1.82, 2.24) is 21.3 Å². The van der Waals surface area contributed by atoms with Gasteiger partial charge in [-0.25, -0.2) is 4.79 Å². The number of rotatable bonds is 5. The highest BCUT2D eigenvalue weighted by Gasteiger charge is 2.43. The van der Waals surface area contributed by atoms with E-state index in [0.29, 0.717) is 31.7 Å². The molecule has 1 aromatic carbocycles. The van der Waals surface area contributed by atoms with Gasteiger partial charge in [-0.15, -0.1) is 0 Å². The van der Waals surface area contributed by atoms with E-state index in [1.165, 1.54) is 0 Å². The average molecular weight is 346 g/mol. The molecule has 0 saturated carbocycles. The van der Waals surface area contributed by atoms with E-state index in [2.05, 4.69) is 21.3 Å². The van der Waals surface area contributed by atoms with Crippen LogP contribution in [0, 0.1) is 0 Å². The van der Waals surface area contributed by atoms with Crippen molar-refractivity contribution in [3.05, 3.63) is 35.4 Å². The Bertz CT molecular complexity index is 670. The summed E-state index contributed by atoms with van der Waals surface area (Å²) >= 11 is 0. The van der Waals surface area contributed by atoms with Crippen LogP contribution in [-0.4, -0.2) is 43.6 Å². The number of benzene rings is 1. The van der Waals surface area contributed by atoms with Gasteiger partial charge in [0.1, 0.15) is 5.54 Å². The number of imide groups is 1. The fourth-order valence-corrected chi connectivity index (χ4v) is 2.95. The quantitative estimate of drug-likeness (QED) is 0.549. The van der Waals surface area contributed by atoms with Crippen molar-refractivity contribution >= 4 is 17.8 Å². The molecule has 2 aliphatic rings. The second-order valence-corrected chi connectivity index (χ2v) is 6.44. The molecular formula is C17H22N4O4. The van der Waals surface area contributed by atoms with Gasteiger partial charge in [-0.2, -0.15) is 0 Å². The number of urea groups is 1. The fourth-order valence-electron chi connectivity index (χ4n) is 2.95. The summed E-state index contributed by atoms with van der Waals surface area (Å²) in [5.74, 6) is -0.415. The van der Waals surface area contributed by atoms with E-state index < -0.39 is 11.6 Å². The van der Waals surface area contributed by atoms with Gasteiger partial charge < -0.3 is 20.7 Å². The SMILES string of the molecule is CC1(c2ccc(CNC(=O)CC3COCCN3)cc2)NC(=O)NC1=O. The number of carbonyl (C=O) groups excluding carboxylic acids is 3. The van der Waals surface area contributed by atoms with E-state index in [4.69, 9.17) is 4.74 Å². The fraction of sp³-hybridized carbons (Fsp3) is 0.471. The zero-order valence-electron chi connectivity index (χ0n) is 14.1. The van der Waals surface area contributed by atoms with Crippen LogP contribution in [0.25, 0.3) is 0 Å². The Morgan fingerprint density at radius 2 is 2.08 bits per heavy atom. The Kier molecular flexibility index (Phi) is 5.00. The lowest BCUT2D eigenvalue weighted by Crippen LogP contribution is -2.44. The second kappa shape index (κ2) is 7.20. The van der Waals surface area contributed by atoms with Crippen molar-refractivity contribution in [2.45, 2.75) is 31.5 Å². The van der Waals surface area contributed by atoms with Crippen LogP contribution in [-0.2, 0) is 26.4 Å². The van der Waals surface area contributed by atoms with Crippen molar-refractivity contribution in [2.24, 2.45) is 0 Å². The minimum Gasteiger partial charge on any atom is -0.378 e. The number of ether oxygens (including phenoxy) is 1. The molecule has 0 bridgehead atoms. The smallest absolute Gasteiger partial charge is 0.322 e. The topological polar surface area (TPSA) is 109 Å². The molecule has 4 N–H and O–H groups in total. The molecule has 0 spiro atoms. The van der Waals surface area contributed by atoms with Crippen molar-refractivity contribution in [3.63, 3.8) is 0 Å². The monoisotopic (exact) mass is 346 g/mol. The van der Waals surface area contributed by atoms with Crippen LogP contribution in [0.15, 0.2) is 24.3 Å². The normalized spacial score (nSPS) is 26.0. The van der Waals surface area contributed by atoms with Gasteiger partial charge in [-0.1, -0.05) is 24.3 Å². The van der Waals surface area contributed by atoms with Crippen LogP contribution in [0.2, 0.25) is 0 Å². The molecule has 0 aliphatic carbocycles. The Morgan fingerprint density at radius 3 is 2.68 bits per heavy atom. The highest BCUT2D eigenvalue weighted by atomic mass is 16.5. The molecule has 2 unspecified atom stereocenters. The summed E-state index contributed by atoms with van der Waals surface area (Å²) in [6, 6.07) is 6.79. The summed E-state index contributed by atoms with van der Waals surface area (Å²) in [7, 11) is 0. The summed E-state index contributed by atoms with van der Waals surface area (Å²) in [5, 5.41) is 11.0. The standard InChI is InChI=1S/C17H22N4O4/c1-17(15(23)20-16(24)21-17)12-4-2-11(3-5-12)9-19-14(22)8-13-10-25-7-6-18-13/h2-5,13,18H,6-10H2,1H3,(H,19,22)(H2,20,21,23,24). The van der Waals surface area contributed by atoms with E-state index in [-0.39, 0.29) is 17.9 Å². The van der Waals surface area contributed by atoms with Gasteiger partial charge in [0.25, 0.3) is 5.91 Å². The summed E-state index contributed by atoms with van der Waals surface area (Å²) in [5.41, 5.74) is 0.540. The van der Waals surface area contributed by atoms with E-state index in [1.54, 1.807) is 19.1 Å². The van der Waals surface area contributed by atoms with Crippen LogP contribution >= 0.6 is 0 Å². The zero-order valence-corrected chi connectivity index (χ0v) is 14.1. The van der Waals surface area contributed by atoms with Gasteiger partial charge in [0.15, 0.2) is 0 Å². The molecule has 1 aromatic rings. The van der Waals surface area contributed by atoms with Gasteiger partial charge in [0.2, 0.25) is 5.91 Å². The van der Waals surface area contributed by atoms with Gasteiger partial charge >= 0.3 is 6.03 Å². The lowest BCUT2D eigenvalue weighted by Gasteiger charge is -2.23. The number of nitrogens with one attached hydrogen (secondary N) is 4. The summed E-state index contributed by atoms with van der Waals surface area (Å²) in [4.78, 5) is 35.3. The largest absolute Gasteiger partial charge is 0.378 e. The molecule has 25 heavy (non-hydrogen) atoms. The Balaban J connectivity index is 1.53. The van der Waals surface area contributed by atoms with Crippen molar-refractivity contribution in [3.8, 4) is 0 Å². The molecule has 3 rings (SSSR count). The number of morpholine rings is 1. The van der Waals surface area contributed by atoms with Gasteiger partial charge in [0, 0.05) is 25.6 Å². The highest BCUT2D eigenvalue weighted by molar-refractivity contribution is 6.07. The summed E-state index contributed by atoms with van der Waals surface area (Å²) in [6.45, 7) is 4.06. The molecule has 134 valence electrons. The predicted molar refractivity (Wildman–Crippen MR) is 89.5 cm³/mol. The maximum atomic E-state index is 12.0. The second-order valence-electron chi connectivity index (χ2n) is 6.44. The lowest BCUT2D eigenvalue weighted by molar-refractivity contribution is -0.124. The predicted octanol–water partition coefficient (Wildman–Crippen LogP) is -0.264. The van der Waals surface area contributed by atoms with Crippen LogP contribution in [0.5, 0.6) is 0 Å².